The molecular formula is C4H5NO. The lowest BCUT2D eigenvalue weighted by atomic mass is 10.7. The molecule has 0 bridgehead atoms. The van der Waals surface area contributed by atoms with Crippen LogP contribution in [0.3, 0.4) is 0 Å². The maximum Gasteiger partial charge on any atom is 0.291 e. The summed E-state index contributed by atoms with van der Waals surface area (Å²) in [6.07, 6.45) is 1.47. The van der Waals surface area contributed by atoms with Crippen LogP contribution in [0.25, 0.3) is 0 Å². The number of hydrogen-bond donors (Lipinski definition) is 0. The van der Waals surface area contributed by atoms with Gasteiger partial charge in [-0.1, -0.05) is 6.58 Å². The fourth-order valence-corrected chi connectivity index (χ4v) is 0.0779. The highest BCUT2D eigenvalue weighted by Gasteiger charge is 1.73. The van der Waals surface area contributed by atoms with Gasteiger partial charge < -0.3 is 4.74 Å². The van der Waals surface area contributed by atoms with Gasteiger partial charge in [0.25, 0.3) is 6.26 Å². The number of allylic oxidation sites excluding steroid dienone is 1. The number of nitrogens with zero attached hydrogens (tertiary/aromatic N) is 1. The molecule has 0 aliphatic carbocycles. The molecule has 0 heterocycles. The first-order valence-electron chi connectivity index (χ1n) is 1.49. The summed E-state index contributed by atoms with van der Waals surface area (Å²) >= 11 is 0. The minimum absolute atomic E-state index is 0.428. The van der Waals surface area contributed by atoms with E-state index in [1.807, 2.05) is 0 Å². The van der Waals surface area contributed by atoms with Crippen LogP contribution in [0.2, 0.25) is 0 Å². The van der Waals surface area contributed by atoms with Crippen molar-refractivity contribution in [3.63, 3.8) is 0 Å². The Bertz CT molecular complexity index is 90.2. The van der Waals surface area contributed by atoms with Crippen molar-refractivity contribution < 1.29 is 4.74 Å². The van der Waals surface area contributed by atoms with Gasteiger partial charge in [0.05, 0.1) is 0 Å². The van der Waals surface area contributed by atoms with E-state index in [9.17, 15) is 0 Å². The normalized spacial score (nSPS) is 6.00. The van der Waals surface area contributed by atoms with Crippen LogP contribution >= 0.6 is 0 Å². The van der Waals surface area contributed by atoms with E-state index in [0.717, 1.165) is 0 Å². The van der Waals surface area contributed by atoms with Crippen molar-refractivity contribution >= 4 is 0 Å². The summed E-state index contributed by atoms with van der Waals surface area (Å²) in [4.78, 5) is 0. The van der Waals surface area contributed by atoms with Gasteiger partial charge in [-0.05, 0) is 6.92 Å². The van der Waals surface area contributed by atoms with Crippen LogP contribution in [0.1, 0.15) is 6.92 Å². The molecule has 0 radical (unpaired) electrons. The van der Waals surface area contributed by atoms with E-state index in [1.54, 1.807) is 6.92 Å². The molecule has 0 aromatic heterocycles. The molecule has 0 aromatic rings. The predicted octanol–water partition coefficient (Wildman–Crippen LogP) is 1.02. The van der Waals surface area contributed by atoms with Crippen LogP contribution in [-0.2, 0) is 4.74 Å². The van der Waals surface area contributed by atoms with E-state index in [2.05, 4.69) is 11.3 Å². The molecule has 0 amide bonds. The van der Waals surface area contributed by atoms with Crippen LogP contribution in [0.15, 0.2) is 12.3 Å². The van der Waals surface area contributed by atoms with E-state index in [4.69, 9.17) is 5.26 Å². The Balaban J connectivity index is 3.13. The van der Waals surface area contributed by atoms with Crippen molar-refractivity contribution in [3.05, 3.63) is 12.3 Å². The van der Waals surface area contributed by atoms with Crippen LogP contribution in [0.4, 0.5) is 0 Å². The van der Waals surface area contributed by atoms with Crippen LogP contribution in [0.5, 0.6) is 0 Å². The average molecular weight is 83.1 g/mol. The van der Waals surface area contributed by atoms with Crippen molar-refractivity contribution in [1.29, 1.82) is 5.26 Å². The Morgan fingerprint density at radius 2 is 2.50 bits per heavy atom. The highest BCUT2D eigenvalue weighted by Crippen LogP contribution is 1.83. The topological polar surface area (TPSA) is 33.0 Å². The molecule has 0 aromatic carbocycles. The summed E-state index contributed by atoms with van der Waals surface area (Å²) < 4.78 is 4.15. The van der Waals surface area contributed by atoms with E-state index in [0.29, 0.717) is 5.76 Å². The molecule has 0 N–H and O–H groups in total. The van der Waals surface area contributed by atoms with Crippen molar-refractivity contribution in [2.45, 2.75) is 6.92 Å². The van der Waals surface area contributed by atoms with Gasteiger partial charge >= 0.3 is 0 Å². The smallest absolute Gasteiger partial charge is 0.291 e. The fraction of sp³-hybridized carbons (Fsp3) is 0.250. The van der Waals surface area contributed by atoms with Crippen molar-refractivity contribution in [2.75, 3.05) is 0 Å². The van der Waals surface area contributed by atoms with Crippen LogP contribution in [-0.4, -0.2) is 0 Å². The molecule has 0 saturated carbocycles. The third-order valence-electron chi connectivity index (χ3n) is 0.220. The maximum absolute atomic E-state index is 7.70. The molecule has 0 rings (SSSR count). The van der Waals surface area contributed by atoms with E-state index in [-0.39, 0.29) is 0 Å². The third-order valence-corrected chi connectivity index (χ3v) is 0.220. The van der Waals surface area contributed by atoms with Crippen LogP contribution < -0.4 is 0 Å². The SMILES string of the molecule is C=C(C)OC#N. The quantitative estimate of drug-likeness (QED) is 0.350. The molecule has 32 valence electrons. The van der Waals surface area contributed by atoms with Crippen molar-refractivity contribution in [3.8, 4) is 6.26 Å². The first-order valence-corrected chi connectivity index (χ1v) is 1.49. The minimum Gasteiger partial charge on any atom is -0.394 e. The standard InChI is InChI=1S/C4H5NO/c1-4(2)6-3-5/h1H2,2H3. The molecule has 0 saturated heterocycles. The molecule has 2 heteroatoms. The molecule has 0 unspecified atom stereocenters. The van der Waals surface area contributed by atoms with Gasteiger partial charge in [-0.2, -0.15) is 0 Å². The summed E-state index contributed by atoms with van der Waals surface area (Å²) in [5.41, 5.74) is 0. The molecule has 0 fully saturated rings. The number of hydrogen-bond acceptors (Lipinski definition) is 2. The molecule has 0 aliphatic heterocycles. The fourth-order valence-electron chi connectivity index (χ4n) is 0.0779. The molecule has 0 spiro atoms. The summed E-state index contributed by atoms with van der Waals surface area (Å²) in [5.74, 6) is 0.428. The summed E-state index contributed by atoms with van der Waals surface area (Å²) in [5, 5.41) is 7.70. The van der Waals surface area contributed by atoms with E-state index < -0.39 is 0 Å². The Hall–Kier alpha value is -0.970. The van der Waals surface area contributed by atoms with Gasteiger partial charge in [-0.25, -0.2) is 0 Å². The minimum atomic E-state index is 0.428. The highest BCUT2D eigenvalue weighted by molar-refractivity contribution is 4.77. The summed E-state index contributed by atoms with van der Waals surface area (Å²) in [7, 11) is 0. The lowest BCUT2D eigenvalue weighted by Gasteiger charge is -1.82. The lowest BCUT2D eigenvalue weighted by Crippen LogP contribution is -1.70. The summed E-state index contributed by atoms with van der Waals surface area (Å²) in [6, 6.07) is 0. The first-order chi connectivity index (χ1) is 2.77. The number of nitriles is 1. The van der Waals surface area contributed by atoms with E-state index >= 15 is 0 Å². The first kappa shape index (κ1) is 5.03. The molecule has 0 atom stereocenters. The Labute approximate surface area is 36.7 Å². The molecule has 2 nitrogen and oxygen atoms in total. The summed E-state index contributed by atoms with van der Waals surface area (Å²) in [6.45, 7) is 4.91. The lowest BCUT2D eigenvalue weighted by molar-refractivity contribution is 0.380. The van der Waals surface area contributed by atoms with Gasteiger partial charge in [-0.15, -0.1) is 5.26 Å². The Morgan fingerprint density at radius 1 is 2.00 bits per heavy atom. The molecular weight excluding hydrogens is 78.1 g/mol. The second kappa shape index (κ2) is 2.28. The predicted molar refractivity (Wildman–Crippen MR) is 21.5 cm³/mol. The van der Waals surface area contributed by atoms with Crippen molar-refractivity contribution in [2.24, 2.45) is 0 Å². The zero-order valence-corrected chi connectivity index (χ0v) is 3.56. The van der Waals surface area contributed by atoms with Gasteiger partial charge in [0.15, 0.2) is 0 Å². The van der Waals surface area contributed by atoms with Gasteiger partial charge in [0, 0.05) is 0 Å². The van der Waals surface area contributed by atoms with Crippen molar-refractivity contribution in [1.82, 2.24) is 0 Å². The Kier molecular flexibility index (Phi) is 1.91. The number of ether oxygens (including phenoxy) is 1. The Morgan fingerprint density at radius 3 is 2.50 bits per heavy atom. The molecule has 6 heavy (non-hydrogen) atoms. The number of rotatable bonds is 1. The highest BCUT2D eigenvalue weighted by atomic mass is 16.5. The van der Waals surface area contributed by atoms with Gasteiger partial charge in [0.2, 0.25) is 0 Å². The largest absolute Gasteiger partial charge is 0.394 e. The molecule has 0 aliphatic rings. The zero-order valence-electron chi connectivity index (χ0n) is 3.56. The second-order valence-electron chi connectivity index (χ2n) is 0.895. The zero-order chi connectivity index (χ0) is 4.99. The monoisotopic (exact) mass is 83.0 g/mol. The third kappa shape index (κ3) is 3.03. The average Bonchev–Trinajstić information content (AvgIpc) is 1.35. The second-order valence-corrected chi connectivity index (χ2v) is 0.895. The van der Waals surface area contributed by atoms with E-state index in [1.165, 1.54) is 6.26 Å². The van der Waals surface area contributed by atoms with Gasteiger partial charge in [0.1, 0.15) is 5.76 Å². The van der Waals surface area contributed by atoms with Gasteiger partial charge in [-0.3, -0.25) is 0 Å². The van der Waals surface area contributed by atoms with Crippen LogP contribution in [0, 0.1) is 11.5 Å². The maximum atomic E-state index is 7.70.